The zero-order chi connectivity index (χ0) is 17.9. The first-order valence-electron chi connectivity index (χ1n) is 8.40. The third-order valence-electron chi connectivity index (χ3n) is 3.95. The van der Waals surface area contributed by atoms with Crippen LogP contribution in [0.2, 0.25) is 0 Å². The summed E-state index contributed by atoms with van der Waals surface area (Å²) >= 11 is 3.27. The van der Waals surface area contributed by atoms with Crippen LogP contribution in [0.15, 0.2) is 57.5 Å². The number of nitrogens with zero attached hydrogens (tertiary/aromatic N) is 3. The van der Waals surface area contributed by atoms with Crippen molar-refractivity contribution < 1.29 is 9.32 Å². The topological polar surface area (TPSA) is 56.2 Å². The van der Waals surface area contributed by atoms with E-state index in [1.807, 2.05) is 36.4 Å². The molecule has 3 aromatic heterocycles. The Bertz CT molecular complexity index is 1010. The molecule has 4 aromatic rings. The van der Waals surface area contributed by atoms with Gasteiger partial charge in [0.25, 0.3) is 5.22 Å². The van der Waals surface area contributed by atoms with Crippen molar-refractivity contribution in [3.8, 4) is 22.0 Å². The second kappa shape index (κ2) is 7.57. The molecule has 0 spiro atoms. The maximum Gasteiger partial charge on any atom is 0.277 e. The lowest BCUT2D eigenvalue weighted by molar-refractivity contribution is -0.855. The van der Waals surface area contributed by atoms with Gasteiger partial charge < -0.3 is 9.32 Å². The number of aromatic nitrogens is 3. The number of benzene rings is 1. The molecular weight excluding hydrogens is 364 g/mol. The first-order chi connectivity index (χ1) is 12.7. The van der Waals surface area contributed by atoms with E-state index in [9.17, 15) is 0 Å². The third kappa shape index (κ3) is 3.65. The van der Waals surface area contributed by atoms with Gasteiger partial charge in [0, 0.05) is 5.39 Å². The van der Waals surface area contributed by atoms with Crippen molar-refractivity contribution in [2.24, 2.45) is 0 Å². The lowest BCUT2D eigenvalue weighted by Crippen LogP contribution is -3.06. The summed E-state index contributed by atoms with van der Waals surface area (Å²) in [4.78, 5) is 7.32. The second-order valence-electron chi connectivity index (χ2n) is 6.23. The van der Waals surface area contributed by atoms with Crippen molar-refractivity contribution in [1.29, 1.82) is 0 Å². The molecule has 0 atom stereocenters. The Kier molecular flexibility index (Phi) is 5.01. The van der Waals surface area contributed by atoms with Gasteiger partial charge in [0.2, 0.25) is 5.89 Å². The number of rotatable bonds is 6. The largest absolute Gasteiger partial charge is 0.411 e. The van der Waals surface area contributed by atoms with E-state index >= 15 is 0 Å². The summed E-state index contributed by atoms with van der Waals surface area (Å²) in [5, 5.41) is 12.2. The van der Waals surface area contributed by atoms with Crippen molar-refractivity contribution in [2.45, 2.75) is 5.22 Å². The minimum absolute atomic E-state index is 0.543. The number of hydrogen-bond donors (Lipinski definition) is 1. The van der Waals surface area contributed by atoms with Crippen LogP contribution >= 0.6 is 23.1 Å². The highest BCUT2D eigenvalue weighted by Gasteiger charge is 2.15. The van der Waals surface area contributed by atoms with Crippen LogP contribution in [0.25, 0.3) is 32.9 Å². The molecule has 7 heteroatoms. The van der Waals surface area contributed by atoms with E-state index in [4.69, 9.17) is 9.40 Å². The predicted octanol–water partition coefficient (Wildman–Crippen LogP) is 3.25. The molecule has 0 radical (unpaired) electrons. The van der Waals surface area contributed by atoms with E-state index in [0.29, 0.717) is 11.1 Å². The van der Waals surface area contributed by atoms with Gasteiger partial charge in [0.05, 0.1) is 48.0 Å². The molecule has 1 aromatic carbocycles. The van der Waals surface area contributed by atoms with Gasteiger partial charge in [-0.25, -0.2) is 4.98 Å². The number of para-hydroxylation sites is 1. The fraction of sp³-hybridized carbons (Fsp3) is 0.211. The normalized spacial score (nSPS) is 11.5. The minimum Gasteiger partial charge on any atom is -0.411 e. The Morgan fingerprint density at radius 1 is 1.12 bits per heavy atom. The Balaban J connectivity index is 1.72. The summed E-state index contributed by atoms with van der Waals surface area (Å²) in [6.07, 6.45) is 0. The number of thioether (sulfide) groups is 1. The molecule has 0 fully saturated rings. The molecule has 0 aliphatic rings. The van der Waals surface area contributed by atoms with Crippen molar-refractivity contribution in [3.63, 3.8) is 0 Å². The van der Waals surface area contributed by atoms with E-state index in [1.54, 1.807) is 23.1 Å². The number of thiophene rings is 1. The smallest absolute Gasteiger partial charge is 0.277 e. The van der Waals surface area contributed by atoms with E-state index in [-0.39, 0.29) is 0 Å². The Morgan fingerprint density at radius 3 is 2.81 bits per heavy atom. The van der Waals surface area contributed by atoms with Crippen LogP contribution in [0.4, 0.5) is 0 Å². The van der Waals surface area contributed by atoms with Crippen molar-refractivity contribution >= 4 is 34.0 Å². The molecule has 0 saturated carbocycles. The van der Waals surface area contributed by atoms with Gasteiger partial charge in [-0.15, -0.1) is 21.5 Å². The molecule has 0 aliphatic heterocycles. The summed E-state index contributed by atoms with van der Waals surface area (Å²) < 4.78 is 5.94. The van der Waals surface area contributed by atoms with E-state index in [2.05, 4.69) is 35.7 Å². The van der Waals surface area contributed by atoms with Crippen LogP contribution in [0.3, 0.4) is 0 Å². The standard InChI is InChI=1S/C19H18N4OS2/c1-23(2)9-11-26-19-22-21-18(24-19)14-12-16(17-8-5-10-25-17)20-15-7-4-3-6-13(14)15/h3-8,10,12H,9,11H2,1-2H3/p+1. The first kappa shape index (κ1) is 17.2. The zero-order valence-electron chi connectivity index (χ0n) is 14.6. The van der Waals surface area contributed by atoms with Crippen LogP contribution in [-0.2, 0) is 0 Å². The van der Waals surface area contributed by atoms with Crippen molar-refractivity contribution in [2.75, 3.05) is 26.4 Å². The van der Waals surface area contributed by atoms with Gasteiger partial charge in [0.15, 0.2) is 0 Å². The summed E-state index contributed by atoms with van der Waals surface area (Å²) in [6, 6.07) is 14.2. The van der Waals surface area contributed by atoms with Crippen LogP contribution in [0, 0.1) is 0 Å². The fourth-order valence-electron chi connectivity index (χ4n) is 2.62. The molecule has 1 N–H and O–H groups in total. The maximum atomic E-state index is 5.94. The monoisotopic (exact) mass is 383 g/mol. The minimum atomic E-state index is 0.543. The predicted molar refractivity (Wildman–Crippen MR) is 107 cm³/mol. The van der Waals surface area contributed by atoms with Crippen LogP contribution in [0.1, 0.15) is 0 Å². The lowest BCUT2D eigenvalue weighted by Gasteiger charge is -2.06. The van der Waals surface area contributed by atoms with E-state index < -0.39 is 0 Å². The molecule has 5 nitrogen and oxygen atoms in total. The Labute approximate surface area is 160 Å². The summed E-state index contributed by atoms with van der Waals surface area (Å²) in [5.41, 5.74) is 2.78. The SMILES string of the molecule is C[NH+](C)CCSc1nnc(-c2cc(-c3cccs3)nc3ccccc23)o1. The average Bonchev–Trinajstić information content (AvgIpc) is 3.32. The Hall–Kier alpha value is -2.22. The third-order valence-corrected chi connectivity index (χ3v) is 5.67. The van der Waals surface area contributed by atoms with E-state index in [0.717, 1.165) is 39.3 Å². The summed E-state index contributed by atoms with van der Waals surface area (Å²) in [6.45, 7) is 1.04. The van der Waals surface area contributed by atoms with Crippen LogP contribution in [0.5, 0.6) is 0 Å². The van der Waals surface area contributed by atoms with Crippen molar-refractivity contribution in [3.05, 3.63) is 47.8 Å². The molecule has 26 heavy (non-hydrogen) atoms. The van der Waals surface area contributed by atoms with Gasteiger partial charge in [0.1, 0.15) is 0 Å². The number of fused-ring (bicyclic) bond motifs is 1. The molecule has 0 aliphatic carbocycles. The number of pyridine rings is 1. The van der Waals surface area contributed by atoms with Gasteiger partial charge in [-0.3, -0.25) is 0 Å². The molecule has 0 saturated heterocycles. The lowest BCUT2D eigenvalue weighted by atomic mass is 10.1. The average molecular weight is 384 g/mol. The molecule has 0 unspecified atom stereocenters. The van der Waals surface area contributed by atoms with E-state index in [1.165, 1.54) is 4.90 Å². The second-order valence-corrected chi connectivity index (χ2v) is 8.22. The van der Waals surface area contributed by atoms with Crippen LogP contribution in [-0.4, -0.2) is 41.6 Å². The zero-order valence-corrected chi connectivity index (χ0v) is 16.2. The number of quaternary nitrogens is 1. The van der Waals surface area contributed by atoms with Gasteiger partial charge in [-0.1, -0.05) is 36.0 Å². The molecule has 132 valence electrons. The highest BCUT2D eigenvalue weighted by atomic mass is 32.2. The summed E-state index contributed by atoms with van der Waals surface area (Å²) in [5.74, 6) is 1.49. The highest BCUT2D eigenvalue weighted by molar-refractivity contribution is 7.99. The molecule has 3 heterocycles. The van der Waals surface area contributed by atoms with Crippen molar-refractivity contribution in [1.82, 2.24) is 15.2 Å². The molecule has 0 bridgehead atoms. The fourth-order valence-corrected chi connectivity index (χ4v) is 4.23. The van der Waals surface area contributed by atoms with Crippen LogP contribution < -0.4 is 4.90 Å². The Morgan fingerprint density at radius 2 is 2.00 bits per heavy atom. The number of hydrogen-bond acceptors (Lipinski definition) is 6. The quantitative estimate of drug-likeness (QED) is 0.518. The first-order valence-corrected chi connectivity index (χ1v) is 10.3. The van der Waals surface area contributed by atoms with Gasteiger partial charge in [-0.05, 0) is 23.6 Å². The highest BCUT2D eigenvalue weighted by Crippen LogP contribution is 2.33. The van der Waals surface area contributed by atoms with Gasteiger partial charge >= 0.3 is 0 Å². The number of nitrogens with one attached hydrogen (secondary N) is 1. The van der Waals surface area contributed by atoms with Gasteiger partial charge in [-0.2, -0.15) is 0 Å². The molecular formula is C19H19N4OS2+. The molecule has 4 rings (SSSR count). The maximum absolute atomic E-state index is 5.94. The summed E-state index contributed by atoms with van der Waals surface area (Å²) in [7, 11) is 4.27. The molecule has 0 amide bonds.